The van der Waals surface area contributed by atoms with Crippen LogP contribution in [0.5, 0.6) is 0 Å². The first-order valence-corrected chi connectivity index (χ1v) is 13.6. The largest absolute Gasteiger partial charge is 0.463 e. The summed E-state index contributed by atoms with van der Waals surface area (Å²) >= 11 is 0. The van der Waals surface area contributed by atoms with E-state index in [4.69, 9.17) is 33.2 Å². The van der Waals surface area contributed by atoms with Gasteiger partial charge in [0.05, 0.1) is 61.7 Å². The zero-order chi connectivity index (χ0) is 23.8. The van der Waals surface area contributed by atoms with Crippen molar-refractivity contribution < 1.29 is 42.7 Å². The number of hydrogen-bond acceptors (Lipinski definition) is 9. The van der Waals surface area contributed by atoms with Crippen LogP contribution in [-0.4, -0.2) is 88.2 Å². The zero-order valence-corrected chi connectivity index (χ0v) is 20.3. The van der Waals surface area contributed by atoms with Crippen molar-refractivity contribution in [2.24, 2.45) is 23.7 Å². The highest BCUT2D eigenvalue weighted by atomic mass is 16.6. The average Bonchev–Trinajstić information content (AvgIpc) is 3.74. The summed E-state index contributed by atoms with van der Waals surface area (Å²) in [6.07, 6.45) is 9.66. The third kappa shape index (κ3) is 6.18. The van der Waals surface area contributed by atoms with Gasteiger partial charge in [-0.05, 0) is 63.2 Å². The summed E-state index contributed by atoms with van der Waals surface area (Å²) in [6.45, 7) is 2.49. The van der Waals surface area contributed by atoms with Gasteiger partial charge in [0.1, 0.15) is 13.2 Å². The highest BCUT2D eigenvalue weighted by Crippen LogP contribution is 2.44. The van der Waals surface area contributed by atoms with Gasteiger partial charge in [-0.25, -0.2) is 0 Å². The molecule has 6 aliphatic rings. The lowest BCUT2D eigenvalue weighted by Crippen LogP contribution is -2.38. The number of esters is 2. The molecule has 0 bridgehead atoms. The Bertz CT molecular complexity index is 712. The molecule has 35 heavy (non-hydrogen) atoms. The van der Waals surface area contributed by atoms with Crippen LogP contribution in [-0.2, 0) is 42.7 Å². The maximum Gasteiger partial charge on any atom is 0.309 e. The molecule has 3 saturated carbocycles. The summed E-state index contributed by atoms with van der Waals surface area (Å²) in [5, 5.41) is 0. The number of ether oxygens (including phenoxy) is 7. The summed E-state index contributed by atoms with van der Waals surface area (Å²) in [7, 11) is 0. The van der Waals surface area contributed by atoms with Gasteiger partial charge in [-0.1, -0.05) is 0 Å². The molecule has 0 spiro atoms. The first-order valence-electron chi connectivity index (χ1n) is 13.6. The smallest absolute Gasteiger partial charge is 0.309 e. The van der Waals surface area contributed by atoms with Crippen LogP contribution in [0.15, 0.2) is 0 Å². The number of rotatable bonds is 12. The fraction of sp³-hybridized carbons (Fsp3) is 0.923. The predicted molar refractivity (Wildman–Crippen MR) is 120 cm³/mol. The molecule has 3 aliphatic heterocycles. The van der Waals surface area contributed by atoms with Gasteiger partial charge >= 0.3 is 11.9 Å². The highest BCUT2D eigenvalue weighted by Gasteiger charge is 2.53. The Morgan fingerprint density at radius 1 is 0.543 bits per heavy atom. The molecule has 0 aromatic carbocycles. The van der Waals surface area contributed by atoms with E-state index in [1.807, 2.05) is 0 Å². The van der Waals surface area contributed by atoms with E-state index < -0.39 is 11.8 Å². The van der Waals surface area contributed by atoms with E-state index in [1.165, 1.54) is 0 Å². The van der Waals surface area contributed by atoms with Crippen LogP contribution >= 0.6 is 0 Å². The molecule has 0 N–H and O–H groups in total. The zero-order valence-electron chi connectivity index (χ0n) is 20.3. The minimum absolute atomic E-state index is 0.0569. The second kappa shape index (κ2) is 10.6. The summed E-state index contributed by atoms with van der Waals surface area (Å²) in [6, 6.07) is 0. The van der Waals surface area contributed by atoms with Crippen molar-refractivity contribution in [3.63, 3.8) is 0 Å². The predicted octanol–water partition coefficient (Wildman–Crippen LogP) is 2.03. The standard InChI is InChI=1S/C26H38O9/c27-25(31-7-5-29-13-15-1-3-19-21(9-15)33-19)17-11-23-24(35-23)12-18(17)26(28)32-8-6-30-14-16-2-4-20-22(10-16)34-20/h15-24H,1-14H2. The van der Waals surface area contributed by atoms with Crippen molar-refractivity contribution in [3.05, 3.63) is 0 Å². The van der Waals surface area contributed by atoms with Crippen molar-refractivity contribution in [1.82, 2.24) is 0 Å². The minimum Gasteiger partial charge on any atom is -0.463 e. The fourth-order valence-corrected chi connectivity index (χ4v) is 6.34. The third-order valence-corrected chi connectivity index (χ3v) is 8.63. The minimum atomic E-state index is -0.525. The number of hydrogen-bond donors (Lipinski definition) is 0. The lowest BCUT2D eigenvalue weighted by molar-refractivity contribution is -0.164. The Balaban J connectivity index is 0.868. The quantitative estimate of drug-likeness (QED) is 0.229. The van der Waals surface area contributed by atoms with E-state index in [9.17, 15) is 9.59 Å². The molecule has 9 nitrogen and oxygen atoms in total. The number of fused-ring (bicyclic) bond motifs is 3. The number of carbonyl (C=O) groups is 2. The second-order valence-electron chi connectivity index (χ2n) is 11.2. The van der Waals surface area contributed by atoms with Gasteiger partial charge in [-0.3, -0.25) is 9.59 Å². The lowest BCUT2D eigenvalue weighted by Gasteiger charge is -2.26. The maximum atomic E-state index is 12.8. The molecule has 10 unspecified atom stereocenters. The molecule has 6 rings (SSSR count). The maximum absolute atomic E-state index is 12.8. The third-order valence-electron chi connectivity index (χ3n) is 8.63. The van der Waals surface area contributed by atoms with Crippen molar-refractivity contribution in [2.45, 2.75) is 88.0 Å². The molecule has 6 fully saturated rings. The topological polar surface area (TPSA) is 109 Å². The summed E-state index contributed by atoms with van der Waals surface area (Å²) in [4.78, 5) is 25.6. The highest BCUT2D eigenvalue weighted by molar-refractivity contribution is 5.82. The van der Waals surface area contributed by atoms with Crippen LogP contribution in [0, 0.1) is 23.7 Å². The van der Waals surface area contributed by atoms with Crippen molar-refractivity contribution in [3.8, 4) is 0 Å². The number of epoxide rings is 3. The normalized spacial score (nSPS) is 42.7. The first-order chi connectivity index (χ1) is 17.1. The van der Waals surface area contributed by atoms with Crippen LogP contribution in [0.3, 0.4) is 0 Å². The monoisotopic (exact) mass is 494 g/mol. The molecule has 0 amide bonds. The molecular formula is C26H38O9. The van der Waals surface area contributed by atoms with E-state index in [2.05, 4.69) is 0 Å². The molecule has 3 saturated heterocycles. The van der Waals surface area contributed by atoms with Gasteiger partial charge in [0.25, 0.3) is 0 Å². The number of carbonyl (C=O) groups excluding carboxylic acids is 2. The Kier molecular flexibility index (Phi) is 7.31. The summed E-state index contributed by atoms with van der Waals surface area (Å²) in [5.74, 6) is -0.702. The molecule has 3 aliphatic carbocycles. The van der Waals surface area contributed by atoms with E-state index in [0.29, 0.717) is 75.5 Å². The van der Waals surface area contributed by atoms with Crippen LogP contribution in [0.4, 0.5) is 0 Å². The molecule has 10 atom stereocenters. The van der Waals surface area contributed by atoms with Gasteiger partial charge in [-0.15, -0.1) is 0 Å². The molecule has 0 aromatic heterocycles. The summed E-state index contributed by atoms with van der Waals surface area (Å²) < 4.78 is 39.2. The van der Waals surface area contributed by atoms with Crippen molar-refractivity contribution in [1.29, 1.82) is 0 Å². The van der Waals surface area contributed by atoms with Crippen molar-refractivity contribution in [2.75, 3.05) is 39.6 Å². The first kappa shape index (κ1) is 24.1. The van der Waals surface area contributed by atoms with Crippen molar-refractivity contribution >= 4 is 11.9 Å². The van der Waals surface area contributed by atoms with Gasteiger partial charge in [-0.2, -0.15) is 0 Å². The van der Waals surface area contributed by atoms with Crippen LogP contribution in [0.2, 0.25) is 0 Å². The molecule has 0 aromatic rings. The van der Waals surface area contributed by atoms with E-state index >= 15 is 0 Å². The van der Waals surface area contributed by atoms with Gasteiger partial charge in [0, 0.05) is 13.2 Å². The fourth-order valence-electron chi connectivity index (χ4n) is 6.34. The van der Waals surface area contributed by atoms with E-state index in [1.54, 1.807) is 0 Å². The van der Waals surface area contributed by atoms with E-state index in [0.717, 1.165) is 38.5 Å². The molecule has 3 heterocycles. The Morgan fingerprint density at radius 3 is 1.43 bits per heavy atom. The SMILES string of the molecule is O=C(OCCOCC1CCC2OC2C1)C1CC2OC2CC1C(=O)OCCOCC1CCC2OC2C1. The molecule has 0 radical (unpaired) electrons. The average molecular weight is 495 g/mol. The molecular weight excluding hydrogens is 456 g/mol. The van der Waals surface area contributed by atoms with Crippen LogP contribution in [0.1, 0.15) is 51.4 Å². The summed E-state index contributed by atoms with van der Waals surface area (Å²) in [5.41, 5.74) is 0. The second-order valence-corrected chi connectivity index (χ2v) is 11.2. The lowest BCUT2D eigenvalue weighted by atomic mass is 9.79. The van der Waals surface area contributed by atoms with Gasteiger partial charge in [0.2, 0.25) is 0 Å². The van der Waals surface area contributed by atoms with E-state index in [-0.39, 0.29) is 37.4 Å². The van der Waals surface area contributed by atoms with Gasteiger partial charge < -0.3 is 33.2 Å². The molecule has 9 heteroatoms. The van der Waals surface area contributed by atoms with Gasteiger partial charge in [0.15, 0.2) is 0 Å². The van der Waals surface area contributed by atoms with Crippen LogP contribution < -0.4 is 0 Å². The van der Waals surface area contributed by atoms with Crippen LogP contribution in [0.25, 0.3) is 0 Å². The Morgan fingerprint density at radius 2 is 0.971 bits per heavy atom. The Labute approximate surface area is 206 Å². The Hall–Kier alpha value is -1.26. The molecule has 196 valence electrons.